The predicted molar refractivity (Wildman–Crippen MR) is 203 cm³/mol. The van der Waals surface area contributed by atoms with E-state index in [4.69, 9.17) is 4.99 Å². The van der Waals surface area contributed by atoms with Crippen LogP contribution in [0.25, 0.3) is 0 Å². The lowest BCUT2D eigenvalue weighted by Crippen LogP contribution is -2.36. The Hall–Kier alpha value is -0.790. The van der Waals surface area contributed by atoms with Gasteiger partial charge in [0.1, 0.15) is 5.84 Å². The third-order valence-corrected chi connectivity index (χ3v) is 9.64. The van der Waals surface area contributed by atoms with Crippen molar-refractivity contribution in [1.29, 1.82) is 0 Å². The van der Waals surface area contributed by atoms with Gasteiger partial charge in [0.15, 0.2) is 0 Å². The van der Waals surface area contributed by atoms with Crippen molar-refractivity contribution in [3.63, 3.8) is 0 Å². The smallest absolute Gasteiger partial charge is 0.123 e. The summed E-state index contributed by atoms with van der Waals surface area (Å²) in [5.74, 6) is 1.13. The van der Waals surface area contributed by atoms with E-state index < -0.39 is 0 Å². The standard InChI is InChI=1S/C42H84N2/c1-6-9-11-13-15-17-19-21-23-25-27-29-31-33-35-37-39-43-42(8-3)44(41(4)5)40-38-36-34-32-30-28-26-24-22-20-18-16-14-12-10-7-2/h8,41H,3,6-7,9-40H2,1-2,4-5H3. The average Bonchev–Trinajstić information content (AvgIpc) is 3.02. The van der Waals surface area contributed by atoms with E-state index >= 15 is 0 Å². The highest BCUT2D eigenvalue weighted by Crippen LogP contribution is 2.16. The van der Waals surface area contributed by atoms with Crippen molar-refractivity contribution in [3.05, 3.63) is 12.7 Å². The van der Waals surface area contributed by atoms with Gasteiger partial charge in [-0.3, -0.25) is 4.99 Å². The molecule has 0 aliphatic rings. The van der Waals surface area contributed by atoms with Gasteiger partial charge >= 0.3 is 0 Å². The van der Waals surface area contributed by atoms with Gasteiger partial charge in [0.25, 0.3) is 0 Å². The average molecular weight is 617 g/mol. The van der Waals surface area contributed by atoms with Crippen LogP contribution in [0.1, 0.15) is 233 Å². The quantitative estimate of drug-likeness (QED) is 0.0388. The molecule has 0 amide bonds. The summed E-state index contributed by atoms with van der Waals surface area (Å²) in [4.78, 5) is 7.47. The van der Waals surface area contributed by atoms with Crippen LogP contribution in [0.5, 0.6) is 0 Å². The van der Waals surface area contributed by atoms with Gasteiger partial charge in [0, 0.05) is 19.1 Å². The first-order valence-electron chi connectivity index (χ1n) is 20.6. The van der Waals surface area contributed by atoms with E-state index in [1.807, 2.05) is 6.08 Å². The van der Waals surface area contributed by atoms with Crippen molar-refractivity contribution in [1.82, 2.24) is 4.90 Å². The van der Waals surface area contributed by atoms with Crippen LogP contribution in [0.2, 0.25) is 0 Å². The second kappa shape index (κ2) is 36.7. The highest BCUT2D eigenvalue weighted by atomic mass is 15.2. The first kappa shape index (κ1) is 43.2. The molecule has 0 spiro atoms. The molecule has 0 aromatic heterocycles. The van der Waals surface area contributed by atoms with Crippen LogP contribution in [0, 0.1) is 0 Å². The van der Waals surface area contributed by atoms with Gasteiger partial charge in [0.05, 0.1) is 0 Å². The first-order valence-corrected chi connectivity index (χ1v) is 20.6. The predicted octanol–water partition coefficient (Wildman–Crippen LogP) is 14.8. The molecule has 0 bridgehead atoms. The SMILES string of the molecule is C=CC(=NCCCCCCCCCCCCCCCCCC)N(CCCCCCCCCCCCCCCCCC)C(C)C. The molecule has 44 heavy (non-hydrogen) atoms. The van der Waals surface area contributed by atoms with Crippen LogP contribution in [0.4, 0.5) is 0 Å². The number of amidine groups is 1. The van der Waals surface area contributed by atoms with Crippen molar-refractivity contribution in [2.75, 3.05) is 13.1 Å². The summed E-state index contributed by atoms with van der Waals surface area (Å²) < 4.78 is 0. The van der Waals surface area contributed by atoms with Crippen LogP contribution in [-0.4, -0.2) is 29.9 Å². The van der Waals surface area contributed by atoms with E-state index in [2.05, 4.69) is 39.2 Å². The first-order chi connectivity index (χ1) is 21.7. The van der Waals surface area contributed by atoms with Gasteiger partial charge in [-0.1, -0.05) is 213 Å². The minimum atomic E-state index is 0.494. The maximum atomic E-state index is 4.98. The van der Waals surface area contributed by atoms with Crippen LogP contribution in [0.3, 0.4) is 0 Å². The molecular weight excluding hydrogens is 532 g/mol. The zero-order chi connectivity index (χ0) is 32.2. The summed E-state index contributed by atoms with van der Waals surface area (Å²) >= 11 is 0. The van der Waals surface area contributed by atoms with Gasteiger partial charge in [-0.15, -0.1) is 0 Å². The van der Waals surface area contributed by atoms with Gasteiger partial charge in [-0.25, -0.2) is 0 Å². The second-order valence-corrected chi connectivity index (χ2v) is 14.3. The number of rotatable bonds is 36. The topological polar surface area (TPSA) is 15.6 Å². The number of unbranched alkanes of at least 4 members (excludes halogenated alkanes) is 30. The zero-order valence-electron chi connectivity index (χ0n) is 31.3. The number of aliphatic imine (C=N–C) groups is 1. The molecule has 0 rings (SSSR count). The third kappa shape index (κ3) is 31.2. The molecule has 2 heteroatoms. The molecule has 0 saturated carbocycles. The van der Waals surface area contributed by atoms with Gasteiger partial charge < -0.3 is 4.90 Å². The molecule has 0 aromatic rings. The Labute approximate surface area is 280 Å². The molecule has 0 unspecified atom stereocenters. The zero-order valence-corrected chi connectivity index (χ0v) is 31.3. The van der Waals surface area contributed by atoms with Crippen LogP contribution < -0.4 is 0 Å². The number of nitrogens with zero attached hydrogens (tertiary/aromatic N) is 2. The van der Waals surface area contributed by atoms with E-state index in [9.17, 15) is 0 Å². The Morgan fingerprint density at radius 2 is 0.727 bits per heavy atom. The van der Waals surface area contributed by atoms with Crippen molar-refractivity contribution in [2.45, 2.75) is 239 Å². The Morgan fingerprint density at radius 3 is 1.00 bits per heavy atom. The monoisotopic (exact) mass is 617 g/mol. The molecule has 2 nitrogen and oxygen atoms in total. The van der Waals surface area contributed by atoms with E-state index in [1.165, 1.54) is 205 Å². The fourth-order valence-electron chi connectivity index (χ4n) is 6.59. The number of hydrogen-bond acceptors (Lipinski definition) is 1. The molecule has 0 saturated heterocycles. The summed E-state index contributed by atoms with van der Waals surface area (Å²) in [6.45, 7) is 15.4. The van der Waals surface area contributed by atoms with Gasteiger partial charge in [0.2, 0.25) is 0 Å². The van der Waals surface area contributed by atoms with Gasteiger partial charge in [-0.05, 0) is 32.8 Å². The second-order valence-electron chi connectivity index (χ2n) is 14.3. The summed E-state index contributed by atoms with van der Waals surface area (Å²) in [7, 11) is 0. The van der Waals surface area contributed by atoms with E-state index in [0.717, 1.165) is 18.9 Å². The Kier molecular flexibility index (Phi) is 36.0. The van der Waals surface area contributed by atoms with Crippen molar-refractivity contribution < 1.29 is 0 Å². The minimum Gasteiger partial charge on any atom is -0.355 e. The molecule has 0 fully saturated rings. The molecule has 0 atom stereocenters. The minimum absolute atomic E-state index is 0.494. The molecule has 262 valence electrons. The highest BCUT2D eigenvalue weighted by molar-refractivity contribution is 5.92. The molecule has 0 N–H and O–H groups in total. The lowest BCUT2D eigenvalue weighted by atomic mass is 10.0. The molecule has 0 aliphatic carbocycles. The van der Waals surface area contributed by atoms with Crippen LogP contribution in [-0.2, 0) is 0 Å². The van der Waals surface area contributed by atoms with E-state index in [-0.39, 0.29) is 0 Å². The Morgan fingerprint density at radius 1 is 0.455 bits per heavy atom. The molecule has 0 aliphatic heterocycles. The molecular formula is C42H84N2. The summed E-state index contributed by atoms with van der Waals surface area (Å²) in [5, 5.41) is 0. The maximum absolute atomic E-state index is 4.98. The normalized spacial score (nSPS) is 12.0. The molecule has 0 radical (unpaired) electrons. The summed E-state index contributed by atoms with van der Waals surface area (Å²) in [5.41, 5.74) is 0. The summed E-state index contributed by atoms with van der Waals surface area (Å²) in [6, 6.07) is 0.494. The van der Waals surface area contributed by atoms with E-state index in [0.29, 0.717) is 6.04 Å². The maximum Gasteiger partial charge on any atom is 0.123 e. The van der Waals surface area contributed by atoms with Crippen molar-refractivity contribution >= 4 is 5.84 Å². The lowest BCUT2D eigenvalue weighted by Gasteiger charge is -2.29. The number of hydrogen-bond donors (Lipinski definition) is 0. The Balaban J connectivity index is 3.69. The molecule has 0 aromatic carbocycles. The Bertz CT molecular complexity index is 580. The van der Waals surface area contributed by atoms with Crippen LogP contribution >= 0.6 is 0 Å². The van der Waals surface area contributed by atoms with Crippen LogP contribution in [0.15, 0.2) is 17.6 Å². The van der Waals surface area contributed by atoms with Gasteiger partial charge in [-0.2, -0.15) is 0 Å². The van der Waals surface area contributed by atoms with Crippen molar-refractivity contribution in [2.24, 2.45) is 4.99 Å². The van der Waals surface area contributed by atoms with E-state index in [1.54, 1.807) is 0 Å². The molecule has 0 heterocycles. The lowest BCUT2D eigenvalue weighted by molar-refractivity contribution is 0.338. The fourth-order valence-corrected chi connectivity index (χ4v) is 6.59. The highest BCUT2D eigenvalue weighted by Gasteiger charge is 2.11. The fraction of sp³-hybridized carbons (Fsp3) is 0.929. The third-order valence-electron chi connectivity index (χ3n) is 9.64. The largest absolute Gasteiger partial charge is 0.355 e. The summed E-state index contributed by atoms with van der Waals surface area (Å²) in [6.07, 6.45) is 47.5. The van der Waals surface area contributed by atoms with Crippen molar-refractivity contribution in [3.8, 4) is 0 Å².